The van der Waals surface area contributed by atoms with E-state index in [1.165, 1.54) is 31.2 Å². The summed E-state index contributed by atoms with van der Waals surface area (Å²) in [6.45, 7) is 0.524. The molecule has 1 aromatic carbocycles. The molecule has 4 rings (SSSR count). The van der Waals surface area contributed by atoms with E-state index < -0.39 is 5.97 Å². The fraction of sp³-hybridized carbons (Fsp3) is 0.650. The Morgan fingerprint density at radius 1 is 1.19 bits per heavy atom. The summed E-state index contributed by atoms with van der Waals surface area (Å²) in [4.78, 5) is 10.9. The molecular weight excluding hydrogens is 346 g/mol. The van der Waals surface area contributed by atoms with E-state index in [0.717, 1.165) is 17.6 Å². The van der Waals surface area contributed by atoms with Crippen LogP contribution in [0.3, 0.4) is 0 Å². The molecule has 0 amide bonds. The third-order valence-corrected chi connectivity index (χ3v) is 7.71. The molecule has 0 aromatic heterocycles. The Bertz CT molecular complexity index is 614. The molecule has 6 heteroatoms. The Morgan fingerprint density at radius 2 is 2.00 bits per heavy atom. The lowest BCUT2D eigenvalue weighted by molar-refractivity contribution is -0.136. The number of carboxylic acid groups (broad SMARTS) is 1. The number of rotatable bonds is 6. The zero-order valence-corrected chi connectivity index (χ0v) is 15.9. The molecule has 2 heterocycles. The van der Waals surface area contributed by atoms with Crippen molar-refractivity contribution < 1.29 is 9.90 Å². The normalized spacial score (nSPS) is 36.3. The zero-order valence-electron chi connectivity index (χ0n) is 15.1. The molecule has 0 radical (unpaired) electrons. The van der Waals surface area contributed by atoms with Gasteiger partial charge in [-0.1, -0.05) is 43.2 Å². The standard InChI is InChI=1S/C20H29N3O2S/c24-17(25)10-11-21-19-18-14-8-4-5-9-15(14)26-20(18)23-16(22-19)12-13-6-2-1-3-7-13/h1-3,6-7,14-16,18-23H,4-5,8-12H2,(H,24,25). The van der Waals surface area contributed by atoms with Crippen molar-refractivity contribution in [2.75, 3.05) is 6.54 Å². The molecular formula is C20H29N3O2S. The first kappa shape index (κ1) is 18.3. The number of nitrogens with one attached hydrogen (secondary N) is 3. The van der Waals surface area contributed by atoms with E-state index in [1.54, 1.807) is 0 Å². The summed E-state index contributed by atoms with van der Waals surface area (Å²) in [5.74, 6) is 0.532. The zero-order chi connectivity index (χ0) is 17.9. The fourth-order valence-electron chi connectivity index (χ4n) is 4.88. The smallest absolute Gasteiger partial charge is 0.304 e. The van der Waals surface area contributed by atoms with Gasteiger partial charge in [0, 0.05) is 24.1 Å². The van der Waals surface area contributed by atoms with Crippen molar-refractivity contribution in [2.45, 2.75) is 61.5 Å². The average molecular weight is 376 g/mol. The molecule has 4 N–H and O–H groups in total. The van der Waals surface area contributed by atoms with Gasteiger partial charge in [0.05, 0.1) is 24.1 Å². The number of aliphatic carboxylic acids is 1. The van der Waals surface area contributed by atoms with Gasteiger partial charge in [0.25, 0.3) is 0 Å². The van der Waals surface area contributed by atoms with Crippen LogP contribution >= 0.6 is 11.8 Å². The van der Waals surface area contributed by atoms with Crippen LogP contribution in [0, 0.1) is 11.8 Å². The van der Waals surface area contributed by atoms with Gasteiger partial charge >= 0.3 is 5.97 Å². The predicted octanol–water partition coefficient (Wildman–Crippen LogP) is 2.39. The molecule has 1 aliphatic carbocycles. The summed E-state index contributed by atoms with van der Waals surface area (Å²) in [7, 11) is 0. The van der Waals surface area contributed by atoms with Gasteiger partial charge in [-0.3, -0.25) is 15.4 Å². The van der Waals surface area contributed by atoms with Crippen LogP contribution in [0.4, 0.5) is 0 Å². The summed E-state index contributed by atoms with van der Waals surface area (Å²) >= 11 is 2.13. The topological polar surface area (TPSA) is 73.4 Å². The maximum atomic E-state index is 10.9. The van der Waals surface area contributed by atoms with Crippen molar-refractivity contribution >= 4 is 17.7 Å². The average Bonchev–Trinajstić information content (AvgIpc) is 3.00. The molecule has 5 nitrogen and oxygen atoms in total. The lowest BCUT2D eigenvalue weighted by atomic mass is 9.77. The van der Waals surface area contributed by atoms with Crippen LogP contribution in [0.25, 0.3) is 0 Å². The minimum Gasteiger partial charge on any atom is -0.481 e. The number of hydrogen-bond acceptors (Lipinski definition) is 5. The first-order valence-corrected chi connectivity index (χ1v) is 10.8. The van der Waals surface area contributed by atoms with Crippen LogP contribution in [0.2, 0.25) is 0 Å². The van der Waals surface area contributed by atoms with E-state index in [4.69, 9.17) is 5.11 Å². The lowest BCUT2D eigenvalue weighted by Gasteiger charge is -2.43. The Hall–Kier alpha value is -1.08. The molecule has 2 aliphatic heterocycles. The van der Waals surface area contributed by atoms with Crippen LogP contribution in [0.15, 0.2) is 30.3 Å². The van der Waals surface area contributed by atoms with Gasteiger partial charge in [-0.15, -0.1) is 11.8 Å². The monoisotopic (exact) mass is 375 g/mol. The Balaban J connectivity index is 1.46. The molecule has 0 bridgehead atoms. The van der Waals surface area contributed by atoms with E-state index in [-0.39, 0.29) is 18.8 Å². The second kappa shape index (κ2) is 8.30. The van der Waals surface area contributed by atoms with Crippen LogP contribution in [-0.4, -0.2) is 40.6 Å². The second-order valence-corrected chi connectivity index (χ2v) is 9.16. The Labute approximate surface area is 159 Å². The number of carbonyl (C=O) groups is 1. The SMILES string of the molecule is O=C(O)CCNC1NC(Cc2ccccc2)NC2SC3CCCCC3C12. The van der Waals surface area contributed by atoms with E-state index in [9.17, 15) is 4.79 Å². The Kier molecular flexibility index (Phi) is 5.84. The molecule has 1 saturated carbocycles. The second-order valence-electron chi connectivity index (χ2n) is 7.77. The molecule has 0 spiro atoms. The van der Waals surface area contributed by atoms with Crippen LogP contribution < -0.4 is 16.0 Å². The fourth-order valence-corrected chi connectivity index (χ4v) is 6.86. The number of hydrogen-bond donors (Lipinski definition) is 4. The number of benzene rings is 1. The largest absolute Gasteiger partial charge is 0.481 e. The first-order valence-electron chi connectivity index (χ1n) is 9.87. The van der Waals surface area contributed by atoms with Crippen LogP contribution in [0.1, 0.15) is 37.7 Å². The number of thioether (sulfide) groups is 1. The van der Waals surface area contributed by atoms with Crippen molar-refractivity contribution in [2.24, 2.45) is 11.8 Å². The molecule has 1 aromatic rings. The molecule has 142 valence electrons. The Morgan fingerprint density at radius 3 is 2.81 bits per heavy atom. The highest BCUT2D eigenvalue weighted by Crippen LogP contribution is 2.50. The minimum absolute atomic E-state index is 0.174. The van der Waals surface area contributed by atoms with Gasteiger partial charge in [0.15, 0.2) is 0 Å². The van der Waals surface area contributed by atoms with Gasteiger partial charge in [-0.25, -0.2) is 0 Å². The van der Waals surface area contributed by atoms with Gasteiger partial charge in [-0.05, 0) is 24.3 Å². The van der Waals surface area contributed by atoms with Crippen molar-refractivity contribution in [1.82, 2.24) is 16.0 Å². The summed E-state index contributed by atoms with van der Waals surface area (Å²) in [5, 5.41) is 21.3. The van der Waals surface area contributed by atoms with Crippen molar-refractivity contribution in [3.63, 3.8) is 0 Å². The molecule has 6 atom stereocenters. The molecule has 6 unspecified atom stereocenters. The maximum Gasteiger partial charge on any atom is 0.304 e. The summed E-state index contributed by atoms with van der Waals surface area (Å²) in [6.07, 6.45) is 6.84. The highest BCUT2D eigenvalue weighted by molar-refractivity contribution is 8.00. The van der Waals surface area contributed by atoms with E-state index in [0.29, 0.717) is 17.8 Å². The van der Waals surface area contributed by atoms with Gasteiger partial charge in [0.1, 0.15) is 0 Å². The summed E-state index contributed by atoms with van der Waals surface area (Å²) in [6, 6.07) is 10.6. The van der Waals surface area contributed by atoms with Gasteiger partial charge in [-0.2, -0.15) is 0 Å². The van der Waals surface area contributed by atoms with Crippen LogP contribution in [0.5, 0.6) is 0 Å². The minimum atomic E-state index is -0.736. The third-order valence-electron chi connectivity index (χ3n) is 6.04. The van der Waals surface area contributed by atoms with Crippen molar-refractivity contribution in [1.29, 1.82) is 0 Å². The van der Waals surface area contributed by atoms with Gasteiger partial charge < -0.3 is 10.4 Å². The predicted molar refractivity (Wildman–Crippen MR) is 105 cm³/mol. The van der Waals surface area contributed by atoms with Crippen LogP contribution in [-0.2, 0) is 11.2 Å². The summed E-state index contributed by atoms with van der Waals surface area (Å²) < 4.78 is 0. The van der Waals surface area contributed by atoms with Crippen molar-refractivity contribution in [3.8, 4) is 0 Å². The van der Waals surface area contributed by atoms with Gasteiger partial charge in [0.2, 0.25) is 0 Å². The third kappa shape index (κ3) is 4.09. The molecule has 3 fully saturated rings. The highest BCUT2D eigenvalue weighted by atomic mass is 32.2. The first-order chi connectivity index (χ1) is 12.7. The molecule has 3 aliphatic rings. The quantitative estimate of drug-likeness (QED) is 0.612. The molecule has 2 saturated heterocycles. The lowest BCUT2D eigenvalue weighted by Crippen LogP contribution is -2.67. The number of carboxylic acids is 1. The maximum absolute atomic E-state index is 10.9. The molecule has 26 heavy (non-hydrogen) atoms. The van der Waals surface area contributed by atoms with E-state index in [1.807, 2.05) is 0 Å². The number of fused-ring (bicyclic) bond motifs is 3. The highest BCUT2D eigenvalue weighted by Gasteiger charge is 2.50. The van der Waals surface area contributed by atoms with Crippen molar-refractivity contribution in [3.05, 3.63) is 35.9 Å². The van der Waals surface area contributed by atoms with E-state index in [2.05, 4.69) is 58.0 Å². The summed E-state index contributed by atoms with van der Waals surface area (Å²) in [5.41, 5.74) is 1.32. The van der Waals surface area contributed by atoms with E-state index >= 15 is 0 Å².